The number of hydrogen-bond donors (Lipinski definition) is 2. The molecule has 1 aliphatic heterocycles. The van der Waals surface area contributed by atoms with Crippen LogP contribution in [0.4, 0.5) is 15.8 Å². The van der Waals surface area contributed by atoms with E-state index >= 15 is 0 Å². The van der Waals surface area contributed by atoms with Crippen LogP contribution >= 0.6 is 0 Å². The summed E-state index contributed by atoms with van der Waals surface area (Å²) < 4.78 is 13.2. The van der Waals surface area contributed by atoms with E-state index in [1.807, 2.05) is 24.3 Å². The molecule has 0 fully saturated rings. The third kappa shape index (κ3) is 2.89. The Hall–Kier alpha value is -2.36. The van der Waals surface area contributed by atoms with Crippen molar-refractivity contribution >= 4 is 17.3 Å². The second kappa shape index (κ2) is 5.56. The fourth-order valence-corrected chi connectivity index (χ4v) is 2.78. The first-order valence-electron chi connectivity index (χ1n) is 7.05. The number of para-hydroxylation sites is 1. The second-order valence-electron chi connectivity index (χ2n) is 5.42. The molecule has 2 aromatic carbocycles. The molecule has 2 unspecified atom stereocenters. The Labute approximate surface area is 123 Å². The number of fused-ring (bicyclic) bond motifs is 1. The fraction of sp³-hybridized carbons (Fsp3) is 0.235. The van der Waals surface area contributed by atoms with Crippen LogP contribution < -0.4 is 10.6 Å². The molecule has 0 aliphatic carbocycles. The van der Waals surface area contributed by atoms with Crippen LogP contribution in [0.3, 0.4) is 0 Å². The third-order valence-electron chi connectivity index (χ3n) is 3.74. The number of hydrogen-bond acceptors (Lipinski definition) is 2. The van der Waals surface area contributed by atoms with Crippen molar-refractivity contribution in [1.82, 2.24) is 0 Å². The van der Waals surface area contributed by atoms with Crippen molar-refractivity contribution in [3.8, 4) is 0 Å². The van der Waals surface area contributed by atoms with Gasteiger partial charge in [-0.2, -0.15) is 0 Å². The molecule has 0 aromatic heterocycles. The van der Waals surface area contributed by atoms with Crippen LogP contribution in [-0.4, -0.2) is 11.9 Å². The van der Waals surface area contributed by atoms with Crippen molar-refractivity contribution in [1.29, 1.82) is 0 Å². The Morgan fingerprint density at radius 2 is 2.05 bits per heavy atom. The minimum Gasteiger partial charge on any atom is -0.382 e. The van der Waals surface area contributed by atoms with Gasteiger partial charge in [0.15, 0.2) is 0 Å². The van der Waals surface area contributed by atoms with Crippen molar-refractivity contribution < 1.29 is 9.18 Å². The Bertz CT molecular complexity index is 671. The molecule has 1 aliphatic rings. The summed E-state index contributed by atoms with van der Waals surface area (Å²) in [5.41, 5.74) is 2.48. The average molecular weight is 284 g/mol. The van der Waals surface area contributed by atoms with Crippen LogP contribution in [0.15, 0.2) is 48.5 Å². The zero-order chi connectivity index (χ0) is 14.8. The Morgan fingerprint density at radius 1 is 1.24 bits per heavy atom. The van der Waals surface area contributed by atoms with E-state index in [9.17, 15) is 9.18 Å². The van der Waals surface area contributed by atoms with Gasteiger partial charge in [0.2, 0.25) is 5.91 Å². The normalized spacial score (nSPS) is 20.3. The lowest BCUT2D eigenvalue weighted by molar-refractivity contribution is -0.117. The SMILES string of the molecule is CC1CC(C(=O)Nc2cccc(F)c2)c2ccccc2N1. The van der Waals surface area contributed by atoms with Crippen LogP contribution in [0.25, 0.3) is 0 Å². The van der Waals surface area contributed by atoms with Gasteiger partial charge in [-0.1, -0.05) is 24.3 Å². The summed E-state index contributed by atoms with van der Waals surface area (Å²) in [5.74, 6) is -0.672. The number of nitrogens with one attached hydrogen (secondary N) is 2. The maximum absolute atomic E-state index is 13.2. The maximum Gasteiger partial charge on any atom is 0.232 e. The summed E-state index contributed by atoms with van der Waals surface area (Å²) in [6.45, 7) is 2.05. The smallest absolute Gasteiger partial charge is 0.232 e. The fourth-order valence-electron chi connectivity index (χ4n) is 2.78. The van der Waals surface area contributed by atoms with Gasteiger partial charge in [0.1, 0.15) is 5.82 Å². The van der Waals surface area contributed by atoms with Crippen molar-refractivity contribution in [2.75, 3.05) is 10.6 Å². The van der Waals surface area contributed by atoms with E-state index in [4.69, 9.17) is 0 Å². The van der Waals surface area contributed by atoms with Gasteiger partial charge < -0.3 is 10.6 Å². The standard InChI is InChI=1S/C17H17FN2O/c1-11-9-15(14-7-2-3-8-16(14)19-11)17(21)20-13-6-4-5-12(18)10-13/h2-8,10-11,15,19H,9H2,1H3,(H,20,21). The van der Waals surface area contributed by atoms with Gasteiger partial charge in [-0.15, -0.1) is 0 Å². The second-order valence-corrected chi connectivity index (χ2v) is 5.42. The van der Waals surface area contributed by atoms with Crippen LogP contribution in [-0.2, 0) is 4.79 Å². The van der Waals surface area contributed by atoms with Gasteiger partial charge in [0.05, 0.1) is 5.92 Å². The molecule has 3 nitrogen and oxygen atoms in total. The first kappa shape index (κ1) is 13.6. The minimum absolute atomic E-state index is 0.0959. The molecule has 0 radical (unpaired) electrons. The molecular formula is C17H17FN2O. The van der Waals surface area contributed by atoms with Crippen LogP contribution in [0.1, 0.15) is 24.8 Å². The molecule has 108 valence electrons. The van der Waals surface area contributed by atoms with Crippen LogP contribution in [0.5, 0.6) is 0 Å². The number of benzene rings is 2. The van der Waals surface area contributed by atoms with Crippen molar-refractivity contribution in [2.24, 2.45) is 0 Å². The summed E-state index contributed by atoms with van der Waals surface area (Å²) in [6, 6.07) is 14.0. The highest BCUT2D eigenvalue weighted by Crippen LogP contribution is 2.34. The molecule has 3 rings (SSSR count). The molecule has 0 saturated carbocycles. The van der Waals surface area contributed by atoms with Gasteiger partial charge in [0.25, 0.3) is 0 Å². The van der Waals surface area contributed by atoms with E-state index in [0.717, 1.165) is 17.7 Å². The van der Waals surface area contributed by atoms with Gasteiger partial charge in [-0.3, -0.25) is 4.79 Å². The molecule has 1 heterocycles. The van der Waals surface area contributed by atoms with Crippen LogP contribution in [0.2, 0.25) is 0 Å². The van der Waals surface area contributed by atoms with Crippen molar-refractivity contribution in [2.45, 2.75) is 25.3 Å². The van der Waals surface area contributed by atoms with Gasteiger partial charge >= 0.3 is 0 Å². The summed E-state index contributed by atoms with van der Waals surface area (Å²) in [4.78, 5) is 12.5. The lowest BCUT2D eigenvalue weighted by Crippen LogP contribution is -2.32. The maximum atomic E-state index is 13.2. The number of amides is 1. The molecule has 0 spiro atoms. The number of rotatable bonds is 2. The quantitative estimate of drug-likeness (QED) is 0.881. The number of carbonyl (C=O) groups is 1. The van der Waals surface area contributed by atoms with Crippen LogP contribution in [0, 0.1) is 5.82 Å². The topological polar surface area (TPSA) is 41.1 Å². The molecule has 0 bridgehead atoms. The van der Waals surface area contributed by atoms with Gasteiger partial charge in [0, 0.05) is 17.4 Å². The number of carbonyl (C=O) groups excluding carboxylic acids is 1. The number of halogens is 1. The number of anilines is 2. The Balaban J connectivity index is 1.85. The monoisotopic (exact) mass is 284 g/mol. The highest BCUT2D eigenvalue weighted by Gasteiger charge is 2.29. The van der Waals surface area contributed by atoms with Gasteiger partial charge in [-0.25, -0.2) is 4.39 Å². The highest BCUT2D eigenvalue weighted by atomic mass is 19.1. The molecule has 4 heteroatoms. The zero-order valence-corrected chi connectivity index (χ0v) is 11.8. The molecule has 2 N–H and O–H groups in total. The van der Waals surface area contributed by atoms with E-state index in [2.05, 4.69) is 17.6 Å². The lowest BCUT2D eigenvalue weighted by Gasteiger charge is -2.30. The van der Waals surface area contributed by atoms with E-state index in [-0.39, 0.29) is 23.7 Å². The summed E-state index contributed by atoms with van der Waals surface area (Å²) in [7, 11) is 0. The predicted molar refractivity (Wildman–Crippen MR) is 81.9 cm³/mol. The summed E-state index contributed by atoms with van der Waals surface area (Å²) >= 11 is 0. The molecule has 2 aromatic rings. The largest absolute Gasteiger partial charge is 0.382 e. The molecule has 1 amide bonds. The Morgan fingerprint density at radius 3 is 2.86 bits per heavy atom. The predicted octanol–water partition coefficient (Wildman–Crippen LogP) is 3.75. The Kier molecular flexibility index (Phi) is 3.60. The molecular weight excluding hydrogens is 267 g/mol. The first-order chi connectivity index (χ1) is 10.1. The summed E-state index contributed by atoms with van der Waals surface area (Å²) in [5, 5.41) is 6.18. The lowest BCUT2D eigenvalue weighted by atomic mass is 9.87. The average Bonchev–Trinajstić information content (AvgIpc) is 2.46. The van der Waals surface area contributed by atoms with Crippen molar-refractivity contribution in [3.63, 3.8) is 0 Å². The van der Waals surface area contributed by atoms with Crippen molar-refractivity contribution in [3.05, 3.63) is 59.9 Å². The first-order valence-corrected chi connectivity index (χ1v) is 7.05. The molecule has 0 saturated heterocycles. The molecule has 2 atom stereocenters. The highest BCUT2D eigenvalue weighted by molar-refractivity contribution is 5.97. The minimum atomic E-state index is -0.355. The van der Waals surface area contributed by atoms with Gasteiger partial charge in [-0.05, 0) is 43.2 Å². The van der Waals surface area contributed by atoms with E-state index in [0.29, 0.717) is 5.69 Å². The summed E-state index contributed by atoms with van der Waals surface area (Å²) in [6.07, 6.45) is 0.720. The third-order valence-corrected chi connectivity index (χ3v) is 3.74. The molecule has 21 heavy (non-hydrogen) atoms. The van der Waals surface area contributed by atoms with E-state index in [1.165, 1.54) is 12.1 Å². The van der Waals surface area contributed by atoms with E-state index < -0.39 is 0 Å². The zero-order valence-electron chi connectivity index (χ0n) is 11.8. The van der Waals surface area contributed by atoms with E-state index in [1.54, 1.807) is 12.1 Å².